The number of aromatic nitrogens is 1. The van der Waals surface area contributed by atoms with E-state index in [-0.39, 0.29) is 25.2 Å². The predicted molar refractivity (Wildman–Crippen MR) is 98.3 cm³/mol. The van der Waals surface area contributed by atoms with Gasteiger partial charge in [-0.1, -0.05) is 5.16 Å². The molecule has 0 saturated carbocycles. The Morgan fingerprint density at radius 2 is 1.75 bits per heavy atom. The summed E-state index contributed by atoms with van der Waals surface area (Å²) < 4.78 is 28.3. The molecule has 1 heterocycles. The van der Waals surface area contributed by atoms with Crippen molar-refractivity contribution in [2.45, 2.75) is 19.4 Å². The van der Waals surface area contributed by atoms with Crippen molar-refractivity contribution in [3.63, 3.8) is 0 Å². The van der Waals surface area contributed by atoms with Crippen molar-refractivity contribution >= 4 is 11.8 Å². The number of hydrogen-bond acceptors (Lipinski definition) is 6. The number of benzene rings is 2. The Morgan fingerprint density at radius 3 is 2.43 bits per heavy atom. The van der Waals surface area contributed by atoms with E-state index in [1.807, 2.05) is 24.3 Å². The van der Waals surface area contributed by atoms with E-state index in [9.17, 15) is 14.0 Å². The van der Waals surface area contributed by atoms with Crippen LogP contribution in [0.15, 0.2) is 59.1 Å². The molecule has 2 aromatic carbocycles. The van der Waals surface area contributed by atoms with Crippen LogP contribution in [0.2, 0.25) is 0 Å². The molecule has 144 valence electrons. The third-order valence-electron chi connectivity index (χ3n) is 4.04. The fourth-order valence-electron chi connectivity index (χ4n) is 2.50. The van der Waals surface area contributed by atoms with Gasteiger partial charge in [0, 0.05) is 23.6 Å². The van der Waals surface area contributed by atoms with E-state index in [0.29, 0.717) is 17.0 Å². The van der Waals surface area contributed by atoms with Gasteiger partial charge in [-0.3, -0.25) is 9.59 Å². The average molecular weight is 383 g/mol. The van der Waals surface area contributed by atoms with Gasteiger partial charge in [0.15, 0.2) is 18.2 Å². The molecule has 0 bridgehead atoms. The molecular formula is C21H18FNO5. The second kappa shape index (κ2) is 8.94. The summed E-state index contributed by atoms with van der Waals surface area (Å²) in [4.78, 5) is 23.8. The van der Waals surface area contributed by atoms with E-state index in [1.54, 1.807) is 13.2 Å². The van der Waals surface area contributed by atoms with E-state index >= 15 is 0 Å². The maximum atomic E-state index is 12.9. The lowest BCUT2D eigenvalue weighted by Crippen LogP contribution is -2.08. The summed E-state index contributed by atoms with van der Waals surface area (Å²) in [6.07, 6.45) is -0.0896. The van der Waals surface area contributed by atoms with Gasteiger partial charge >= 0.3 is 5.97 Å². The number of nitrogens with zero attached hydrogens (tertiary/aromatic N) is 1. The lowest BCUT2D eigenvalue weighted by molar-refractivity contribution is -0.145. The number of hydrogen-bond donors (Lipinski definition) is 0. The number of rotatable bonds is 8. The van der Waals surface area contributed by atoms with Crippen molar-refractivity contribution < 1.29 is 28.0 Å². The molecule has 0 aliphatic rings. The Labute approximate surface area is 160 Å². The third kappa shape index (κ3) is 5.03. The number of halogens is 1. The quantitative estimate of drug-likeness (QED) is 0.429. The second-order valence-corrected chi connectivity index (χ2v) is 6.00. The summed E-state index contributed by atoms with van der Waals surface area (Å²) in [6.45, 7) is -0.0767. The smallest absolute Gasteiger partial charge is 0.306 e. The zero-order valence-corrected chi connectivity index (χ0v) is 15.2. The van der Waals surface area contributed by atoms with Crippen LogP contribution < -0.4 is 4.74 Å². The molecule has 6 nitrogen and oxygen atoms in total. The Balaban J connectivity index is 1.47. The third-order valence-corrected chi connectivity index (χ3v) is 4.04. The summed E-state index contributed by atoms with van der Waals surface area (Å²) in [7, 11) is 1.59. The van der Waals surface area contributed by atoms with E-state index in [1.165, 1.54) is 24.3 Å². The van der Waals surface area contributed by atoms with Crippen molar-refractivity contribution in [2.24, 2.45) is 0 Å². The highest BCUT2D eigenvalue weighted by atomic mass is 19.1. The maximum absolute atomic E-state index is 12.9. The van der Waals surface area contributed by atoms with Gasteiger partial charge in [-0.05, 0) is 48.5 Å². The van der Waals surface area contributed by atoms with Crippen LogP contribution in [0.3, 0.4) is 0 Å². The molecule has 0 N–H and O–H groups in total. The number of methoxy groups -OCH3 is 1. The Hall–Kier alpha value is -3.48. The highest BCUT2D eigenvalue weighted by molar-refractivity contribution is 5.97. The molecule has 0 saturated heterocycles. The van der Waals surface area contributed by atoms with Crippen molar-refractivity contribution in [1.82, 2.24) is 5.16 Å². The molecule has 0 radical (unpaired) electrons. The molecule has 28 heavy (non-hydrogen) atoms. The van der Waals surface area contributed by atoms with Crippen LogP contribution >= 0.6 is 0 Å². The van der Waals surface area contributed by atoms with Crippen molar-refractivity contribution in [2.75, 3.05) is 7.11 Å². The summed E-state index contributed by atoms with van der Waals surface area (Å²) in [6, 6.07) is 14.2. The first-order valence-electron chi connectivity index (χ1n) is 8.59. The summed E-state index contributed by atoms with van der Waals surface area (Å²) in [5, 5.41) is 3.95. The molecule has 1 aromatic heterocycles. The van der Waals surface area contributed by atoms with Gasteiger partial charge < -0.3 is 14.0 Å². The summed E-state index contributed by atoms with van der Waals surface area (Å²) in [5.74, 6) is -0.0751. The monoisotopic (exact) mass is 383 g/mol. The molecule has 0 amide bonds. The van der Waals surface area contributed by atoms with E-state index < -0.39 is 11.8 Å². The molecule has 0 spiro atoms. The maximum Gasteiger partial charge on any atom is 0.306 e. The van der Waals surface area contributed by atoms with Gasteiger partial charge in [-0.15, -0.1) is 0 Å². The summed E-state index contributed by atoms with van der Waals surface area (Å²) in [5.41, 5.74) is 1.81. The topological polar surface area (TPSA) is 78.6 Å². The first kappa shape index (κ1) is 19.3. The molecule has 3 aromatic rings. The number of esters is 1. The Morgan fingerprint density at radius 1 is 1.04 bits per heavy atom. The molecule has 0 atom stereocenters. The van der Waals surface area contributed by atoms with Gasteiger partial charge in [-0.2, -0.15) is 0 Å². The fraction of sp³-hybridized carbons (Fsp3) is 0.190. The van der Waals surface area contributed by atoms with Crippen LogP contribution in [0.1, 0.15) is 29.0 Å². The van der Waals surface area contributed by atoms with Gasteiger partial charge in [0.1, 0.15) is 17.3 Å². The first-order chi connectivity index (χ1) is 13.5. The number of carbonyl (C=O) groups excluding carboxylic acids is 2. The van der Waals surface area contributed by atoms with Crippen molar-refractivity contribution in [3.05, 3.63) is 71.7 Å². The van der Waals surface area contributed by atoms with Crippen LogP contribution in [0.25, 0.3) is 11.3 Å². The van der Waals surface area contributed by atoms with Gasteiger partial charge in [0.25, 0.3) is 0 Å². The van der Waals surface area contributed by atoms with Gasteiger partial charge in [-0.25, -0.2) is 4.39 Å². The molecule has 0 aliphatic carbocycles. The summed E-state index contributed by atoms with van der Waals surface area (Å²) >= 11 is 0. The largest absolute Gasteiger partial charge is 0.497 e. The second-order valence-electron chi connectivity index (χ2n) is 6.00. The zero-order chi connectivity index (χ0) is 19.9. The van der Waals surface area contributed by atoms with Gasteiger partial charge in [0.05, 0.1) is 13.5 Å². The van der Waals surface area contributed by atoms with Crippen LogP contribution in [0.4, 0.5) is 4.39 Å². The number of carbonyl (C=O) groups is 2. The molecule has 3 rings (SSSR count). The van der Waals surface area contributed by atoms with Crippen LogP contribution in [-0.4, -0.2) is 24.0 Å². The van der Waals surface area contributed by atoms with Gasteiger partial charge in [0.2, 0.25) is 0 Å². The minimum atomic E-state index is -0.530. The SMILES string of the molecule is COc1ccc(-c2cc(COC(=O)CCC(=O)c3ccc(F)cc3)on2)cc1. The molecule has 0 fully saturated rings. The minimum Gasteiger partial charge on any atom is -0.497 e. The predicted octanol–water partition coefficient (Wildman–Crippen LogP) is 4.20. The number of ketones is 1. The standard InChI is InChI=1S/C21H18FNO5/c1-26-17-8-4-14(5-9-17)19-12-18(28-23-19)13-27-21(25)11-10-20(24)15-2-6-16(22)7-3-15/h2-9,12H,10-11,13H2,1H3. The van der Waals surface area contributed by atoms with E-state index in [0.717, 1.165) is 11.3 Å². The lowest BCUT2D eigenvalue weighted by Gasteiger charge is -2.03. The Bertz CT molecular complexity index is 948. The van der Waals surface area contributed by atoms with E-state index in [2.05, 4.69) is 5.16 Å². The fourth-order valence-corrected chi connectivity index (χ4v) is 2.50. The van der Waals surface area contributed by atoms with E-state index in [4.69, 9.17) is 14.0 Å². The normalized spacial score (nSPS) is 10.5. The molecular weight excluding hydrogens is 365 g/mol. The van der Waals surface area contributed by atoms with Crippen LogP contribution in [0.5, 0.6) is 5.75 Å². The Kier molecular flexibility index (Phi) is 6.16. The first-order valence-corrected chi connectivity index (χ1v) is 8.59. The highest BCUT2D eigenvalue weighted by Crippen LogP contribution is 2.22. The van der Waals surface area contributed by atoms with Crippen molar-refractivity contribution in [1.29, 1.82) is 0 Å². The number of Topliss-reactive ketones (excluding diaryl/α,β-unsaturated/α-hetero) is 1. The van der Waals surface area contributed by atoms with Crippen LogP contribution in [0, 0.1) is 5.82 Å². The lowest BCUT2D eigenvalue weighted by atomic mass is 10.1. The number of ether oxygens (including phenoxy) is 2. The minimum absolute atomic E-state index is 0.0159. The zero-order valence-electron chi connectivity index (χ0n) is 15.2. The average Bonchev–Trinajstić information content (AvgIpc) is 3.20. The molecule has 0 aliphatic heterocycles. The molecule has 0 unspecified atom stereocenters. The van der Waals surface area contributed by atoms with Crippen LogP contribution in [-0.2, 0) is 16.1 Å². The molecule has 7 heteroatoms. The van der Waals surface area contributed by atoms with Crippen molar-refractivity contribution in [3.8, 4) is 17.0 Å². The highest BCUT2D eigenvalue weighted by Gasteiger charge is 2.13.